The molecular formula is C22H28N4O4. The van der Waals surface area contributed by atoms with Crippen LogP contribution < -0.4 is 20.5 Å². The van der Waals surface area contributed by atoms with Gasteiger partial charge >= 0.3 is 5.69 Å². The van der Waals surface area contributed by atoms with Gasteiger partial charge in [-0.1, -0.05) is 26.0 Å². The molecule has 160 valence electrons. The predicted molar refractivity (Wildman–Crippen MR) is 114 cm³/mol. The molecule has 0 fully saturated rings. The summed E-state index contributed by atoms with van der Waals surface area (Å²) in [6.45, 7) is 8.78. The van der Waals surface area contributed by atoms with E-state index < -0.39 is 0 Å². The third-order valence-electron chi connectivity index (χ3n) is 4.69. The number of aromatic nitrogens is 3. The number of amides is 1. The zero-order valence-electron chi connectivity index (χ0n) is 17.8. The molecule has 1 unspecified atom stereocenters. The Morgan fingerprint density at radius 3 is 2.50 bits per heavy atom. The molecule has 0 saturated carbocycles. The normalized spacial score (nSPS) is 12.2. The minimum Gasteiger partial charge on any atom is -0.490 e. The highest BCUT2D eigenvalue weighted by Gasteiger charge is 2.21. The summed E-state index contributed by atoms with van der Waals surface area (Å²) in [4.78, 5) is 25.2. The molecule has 3 aromatic rings. The summed E-state index contributed by atoms with van der Waals surface area (Å²) in [6, 6.07) is 10.7. The van der Waals surface area contributed by atoms with Crippen LogP contribution in [0.2, 0.25) is 0 Å². The van der Waals surface area contributed by atoms with Crippen molar-refractivity contribution in [2.24, 2.45) is 5.92 Å². The summed E-state index contributed by atoms with van der Waals surface area (Å²) in [5.41, 5.74) is 1.07. The van der Waals surface area contributed by atoms with Crippen LogP contribution in [0.5, 0.6) is 11.5 Å². The van der Waals surface area contributed by atoms with E-state index in [1.165, 1.54) is 9.08 Å². The molecule has 1 amide bonds. The lowest BCUT2D eigenvalue weighted by Gasteiger charge is -2.24. The van der Waals surface area contributed by atoms with Gasteiger partial charge in [-0.2, -0.15) is 0 Å². The monoisotopic (exact) mass is 412 g/mol. The van der Waals surface area contributed by atoms with Crippen LogP contribution >= 0.6 is 0 Å². The molecule has 2 aromatic heterocycles. The highest BCUT2D eigenvalue weighted by molar-refractivity contribution is 5.76. The van der Waals surface area contributed by atoms with E-state index in [-0.39, 0.29) is 30.1 Å². The van der Waals surface area contributed by atoms with Gasteiger partial charge in [-0.15, -0.1) is 5.10 Å². The van der Waals surface area contributed by atoms with Crippen LogP contribution in [0.15, 0.2) is 47.4 Å². The molecule has 1 atom stereocenters. The van der Waals surface area contributed by atoms with Gasteiger partial charge in [-0.3, -0.25) is 9.20 Å². The second-order valence-electron chi connectivity index (χ2n) is 7.23. The number of pyridine rings is 1. The van der Waals surface area contributed by atoms with Crippen LogP contribution in [0.3, 0.4) is 0 Å². The number of carbonyl (C=O) groups excluding carboxylic acids is 1. The molecule has 0 saturated heterocycles. The molecule has 0 aliphatic rings. The lowest BCUT2D eigenvalue weighted by molar-refractivity contribution is -0.123. The number of hydrogen-bond donors (Lipinski definition) is 1. The Balaban J connectivity index is 1.81. The first kappa shape index (κ1) is 21.4. The Hall–Kier alpha value is -3.29. The van der Waals surface area contributed by atoms with Crippen molar-refractivity contribution in [2.45, 2.75) is 40.3 Å². The standard InChI is InChI=1S/C22H28N4O4/c1-5-29-17-11-10-16(13-18(17)30-6-2)21(15(3)4)23-20(27)14-26-22(28)25-12-8-7-9-19(25)24-26/h7-13,15,21H,5-6,14H2,1-4H3,(H,23,27). The summed E-state index contributed by atoms with van der Waals surface area (Å²) in [6.07, 6.45) is 1.63. The van der Waals surface area contributed by atoms with E-state index >= 15 is 0 Å². The van der Waals surface area contributed by atoms with E-state index in [9.17, 15) is 9.59 Å². The Labute approximate surface area is 175 Å². The van der Waals surface area contributed by atoms with Crippen LogP contribution in [-0.4, -0.2) is 33.3 Å². The second kappa shape index (κ2) is 9.47. The summed E-state index contributed by atoms with van der Waals surface area (Å²) < 4.78 is 13.9. The van der Waals surface area contributed by atoms with Crippen molar-refractivity contribution in [1.82, 2.24) is 19.5 Å². The molecule has 30 heavy (non-hydrogen) atoms. The highest BCUT2D eigenvalue weighted by atomic mass is 16.5. The van der Waals surface area contributed by atoms with Crippen LogP contribution in [0.1, 0.15) is 39.3 Å². The molecular weight excluding hydrogens is 384 g/mol. The van der Waals surface area contributed by atoms with E-state index in [2.05, 4.69) is 10.4 Å². The molecule has 1 N–H and O–H groups in total. The van der Waals surface area contributed by atoms with Crippen LogP contribution in [-0.2, 0) is 11.3 Å². The average Bonchev–Trinajstić information content (AvgIpc) is 3.03. The zero-order chi connectivity index (χ0) is 21.7. The van der Waals surface area contributed by atoms with Gasteiger partial charge in [0.2, 0.25) is 5.91 Å². The van der Waals surface area contributed by atoms with Gasteiger partial charge in [0.1, 0.15) is 6.54 Å². The van der Waals surface area contributed by atoms with Crippen LogP contribution in [0, 0.1) is 5.92 Å². The molecule has 0 bridgehead atoms. The van der Waals surface area contributed by atoms with E-state index in [1.54, 1.807) is 24.4 Å². The van der Waals surface area contributed by atoms with Gasteiger partial charge in [0.25, 0.3) is 0 Å². The number of hydrogen-bond acceptors (Lipinski definition) is 5. The van der Waals surface area contributed by atoms with Gasteiger partial charge in [-0.25, -0.2) is 9.48 Å². The number of fused-ring (bicyclic) bond motifs is 1. The van der Waals surface area contributed by atoms with Crippen LogP contribution in [0.4, 0.5) is 0 Å². The second-order valence-corrected chi connectivity index (χ2v) is 7.23. The van der Waals surface area contributed by atoms with Gasteiger partial charge in [0.05, 0.1) is 19.3 Å². The number of nitrogens with one attached hydrogen (secondary N) is 1. The van der Waals surface area contributed by atoms with E-state index in [4.69, 9.17) is 9.47 Å². The van der Waals surface area contributed by atoms with Crippen molar-refractivity contribution in [3.05, 3.63) is 58.6 Å². The lowest BCUT2D eigenvalue weighted by atomic mass is 9.95. The van der Waals surface area contributed by atoms with Gasteiger partial charge in [0, 0.05) is 6.20 Å². The van der Waals surface area contributed by atoms with Gasteiger partial charge in [-0.05, 0) is 49.6 Å². The topological polar surface area (TPSA) is 86.9 Å². The predicted octanol–water partition coefficient (Wildman–Crippen LogP) is 2.81. The van der Waals surface area contributed by atoms with Crippen molar-refractivity contribution in [3.8, 4) is 11.5 Å². The van der Waals surface area contributed by atoms with E-state index in [0.29, 0.717) is 30.4 Å². The zero-order valence-corrected chi connectivity index (χ0v) is 17.8. The number of nitrogens with zero attached hydrogens (tertiary/aromatic N) is 3. The Bertz CT molecular complexity index is 1070. The smallest absolute Gasteiger partial charge is 0.350 e. The van der Waals surface area contributed by atoms with Crippen molar-refractivity contribution >= 4 is 11.6 Å². The first-order chi connectivity index (χ1) is 14.4. The first-order valence-electron chi connectivity index (χ1n) is 10.2. The maximum atomic E-state index is 12.7. The van der Waals surface area contributed by atoms with E-state index in [0.717, 1.165) is 5.56 Å². The van der Waals surface area contributed by atoms with Gasteiger partial charge < -0.3 is 14.8 Å². The quantitative estimate of drug-likeness (QED) is 0.584. The summed E-state index contributed by atoms with van der Waals surface area (Å²) >= 11 is 0. The fourth-order valence-electron chi connectivity index (χ4n) is 3.32. The van der Waals surface area contributed by atoms with Crippen molar-refractivity contribution in [1.29, 1.82) is 0 Å². The molecule has 1 aromatic carbocycles. The molecule has 8 heteroatoms. The number of ether oxygens (including phenoxy) is 2. The fourth-order valence-corrected chi connectivity index (χ4v) is 3.32. The largest absolute Gasteiger partial charge is 0.490 e. The lowest BCUT2D eigenvalue weighted by Crippen LogP contribution is -2.36. The summed E-state index contributed by atoms with van der Waals surface area (Å²) in [7, 11) is 0. The molecule has 8 nitrogen and oxygen atoms in total. The maximum absolute atomic E-state index is 12.7. The average molecular weight is 412 g/mol. The molecule has 0 spiro atoms. The maximum Gasteiger partial charge on any atom is 0.350 e. The number of rotatable bonds is 9. The molecule has 2 heterocycles. The Morgan fingerprint density at radius 2 is 1.83 bits per heavy atom. The Morgan fingerprint density at radius 1 is 1.10 bits per heavy atom. The fraction of sp³-hybridized carbons (Fsp3) is 0.409. The number of carbonyl (C=O) groups is 1. The summed E-state index contributed by atoms with van der Waals surface area (Å²) in [5, 5.41) is 7.25. The molecule has 3 rings (SSSR count). The van der Waals surface area contributed by atoms with Crippen molar-refractivity contribution in [3.63, 3.8) is 0 Å². The van der Waals surface area contributed by atoms with Crippen LogP contribution in [0.25, 0.3) is 5.65 Å². The first-order valence-corrected chi connectivity index (χ1v) is 10.2. The van der Waals surface area contributed by atoms with Gasteiger partial charge in [0.15, 0.2) is 17.1 Å². The SMILES string of the molecule is CCOc1ccc(C(NC(=O)Cn2nc3ccccn3c2=O)C(C)C)cc1OCC. The van der Waals surface area contributed by atoms with Crippen molar-refractivity contribution in [2.75, 3.05) is 13.2 Å². The molecule has 0 aliphatic carbocycles. The Kier molecular flexibility index (Phi) is 6.76. The molecule has 0 radical (unpaired) electrons. The third kappa shape index (κ3) is 4.64. The third-order valence-corrected chi connectivity index (χ3v) is 4.69. The minimum absolute atomic E-state index is 0.124. The number of benzene rings is 1. The minimum atomic E-state index is -0.346. The van der Waals surface area contributed by atoms with Crippen molar-refractivity contribution < 1.29 is 14.3 Å². The molecule has 0 aliphatic heterocycles. The van der Waals surface area contributed by atoms with E-state index in [1.807, 2.05) is 45.9 Å². The summed E-state index contributed by atoms with van der Waals surface area (Å²) in [5.74, 6) is 1.16. The highest BCUT2D eigenvalue weighted by Crippen LogP contribution is 2.32.